The Labute approximate surface area is 108 Å². The molecule has 1 amide bonds. The van der Waals surface area contributed by atoms with Crippen molar-refractivity contribution in [1.82, 2.24) is 15.3 Å². The maximum Gasteiger partial charge on any atom is 0.270 e. The maximum absolute atomic E-state index is 12.0. The molecule has 0 radical (unpaired) electrons. The number of aryl methyl sites for hydroxylation is 1. The van der Waals surface area contributed by atoms with E-state index in [1.54, 1.807) is 13.0 Å². The van der Waals surface area contributed by atoms with Gasteiger partial charge in [0.1, 0.15) is 17.3 Å². The second-order valence-electron chi connectivity index (χ2n) is 4.77. The van der Waals surface area contributed by atoms with Crippen molar-refractivity contribution in [3.05, 3.63) is 17.6 Å². The van der Waals surface area contributed by atoms with E-state index < -0.39 is 0 Å². The molecule has 0 aliphatic rings. The van der Waals surface area contributed by atoms with Crippen molar-refractivity contribution in [3.8, 4) is 0 Å². The van der Waals surface area contributed by atoms with E-state index in [4.69, 9.17) is 0 Å². The van der Waals surface area contributed by atoms with Crippen LogP contribution in [0.15, 0.2) is 6.07 Å². The fourth-order valence-corrected chi connectivity index (χ4v) is 1.45. The summed E-state index contributed by atoms with van der Waals surface area (Å²) < 4.78 is 0. The van der Waals surface area contributed by atoms with Gasteiger partial charge in [0, 0.05) is 18.2 Å². The van der Waals surface area contributed by atoms with Crippen molar-refractivity contribution in [2.75, 3.05) is 5.32 Å². The van der Waals surface area contributed by atoms with Gasteiger partial charge in [-0.2, -0.15) is 0 Å². The second-order valence-corrected chi connectivity index (χ2v) is 4.77. The van der Waals surface area contributed by atoms with E-state index in [1.807, 2.05) is 27.7 Å². The number of hydrogen-bond acceptors (Lipinski definition) is 4. The summed E-state index contributed by atoms with van der Waals surface area (Å²) in [5.74, 6) is 1.13. The Hall–Kier alpha value is -1.65. The molecule has 5 nitrogen and oxygen atoms in total. The van der Waals surface area contributed by atoms with E-state index in [0.717, 1.165) is 6.42 Å². The van der Waals surface area contributed by atoms with Crippen LogP contribution in [0.5, 0.6) is 0 Å². The normalized spacial score (nSPS) is 12.3. The van der Waals surface area contributed by atoms with Gasteiger partial charge in [0.2, 0.25) is 0 Å². The van der Waals surface area contributed by atoms with Crippen LogP contribution >= 0.6 is 0 Å². The van der Waals surface area contributed by atoms with Gasteiger partial charge in [-0.05, 0) is 34.1 Å². The summed E-state index contributed by atoms with van der Waals surface area (Å²) in [7, 11) is 0. The smallest absolute Gasteiger partial charge is 0.270 e. The molecule has 0 fully saturated rings. The average Bonchev–Trinajstić information content (AvgIpc) is 2.26. The molecule has 1 aromatic heterocycles. The zero-order valence-corrected chi connectivity index (χ0v) is 11.7. The van der Waals surface area contributed by atoms with Crippen LogP contribution in [0.2, 0.25) is 0 Å². The Kier molecular flexibility index (Phi) is 5.07. The zero-order chi connectivity index (χ0) is 13.7. The van der Waals surface area contributed by atoms with Crippen LogP contribution in [0.25, 0.3) is 0 Å². The Bertz CT molecular complexity index is 417. The summed E-state index contributed by atoms with van der Waals surface area (Å²) in [5, 5.41) is 6.07. The van der Waals surface area contributed by atoms with E-state index >= 15 is 0 Å². The minimum absolute atomic E-state index is 0.147. The van der Waals surface area contributed by atoms with Gasteiger partial charge in [-0.1, -0.05) is 6.92 Å². The number of aromatic nitrogens is 2. The van der Waals surface area contributed by atoms with Crippen molar-refractivity contribution < 1.29 is 4.79 Å². The topological polar surface area (TPSA) is 66.9 Å². The van der Waals surface area contributed by atoms with Crippen molar-refractivity contribution in [2.45, 2.75) is 53.1 Å². The number of carbonyl (C=O) groups excluding carboxylic acids is 1. The maximum atomic E-state index is 12.0. The third-order valence-corrected chi connectivity index (χ3v) is 2.50. The number of carbonyl (C=O) groups is 1. The molecule has 5 heteroatoms. The molecule has 1 atom stereocenters. The minimum Gasteiger partial charge on any atom is -0.368 e. The highest BCUT2D eigenvalue weighted by molar-refractivity contribution is 5.93. The van der Waals surface area contributed by atoms with Gasteiger partial charge >= 0.3 is 0 Å². The fraction of sp³-hybridized carbons (Fsp3) is 0.615. The largest absolute Gasteiger partial charge is 0.368 e. The summed E-state index contributed by atoms with van der Waals surface area (Å²) >= 11 is 0. The predicted octanol–water partition coefficient (Wildman–Crippen LogP) is 2.13. The summed E-state index contributed by atoms with van der Waals surface area (Å²) in [6.45, 7) is 9.83. The van der Waals surface area contributed by atoms with Gasteiger partial charge in [0.15, 0.2) is 0 Å². The first kappa shape index (κ1) is 14.4. The van der Waals surface area contributed by atoms with Crippen LogP contribution < -0.4 is 10.6 Å². The van der Waals surface area contributed by atoms with Gasteiger partial charge in [-0.25, -0.2) is 9.97 Å². The zero-order valence-electron chi connectivity index (χ0n) is 11.7. The van der Waals surface area contributed by atoms with Crippen molar-refractivity contribution in [1.29, 1.82) is 0 Å². The molecule has 100 valence electrons. The molecule has 2 N–H and O–H groups in total. The molecule has 0 saturated carbocycles. The highest BCUT2D eigenvalue weighted by atomic mass is 16.1. The lowest BCUT2D eigenvalue weighted by Crippen LogP contribution is -2.32. The molecule has 0 bridgehead atoms. The van der Waals surface area contributed by atoms with Crippen LogP contribution in [0.1, 0.15) is 50.4 Å². The Morgan fingerprint density at radius 2 is 2.00 bits per heavy atom. The van der Waals surface area contributed by atoms with Crippen LogP contribution in [0.4, 0.5) is 5.82 Å². The SMILES string of the molecule is CCC(C)NC(=O)c1cc(NC(C)C)nc(C)n1. The number of amides is 1. The predicted molar refractivity (Wildman–Crippen MR) is 72.7 cm³/mol. The summed E-state index contributed by atoms with van der Waals surface area (Å²) in [4.78, 5) is 20.4. The molecule has 18 heavy (non-hydrogen) atoms. The highest BCUT2D eigenvalue weighted by Gasteiger charge is 2.12. The lowest BCUT2D eigenvalue weighted by atomic mass is 10.2. The van der Waals surface area contributed by atoms with E-state index in [9.17, 15) is 4.79 Å². The first-order chi connectivity index (χ1) is 8.42. The van der Waals surface area contributed by atoms with Gasteiger partial charge in [0.25, 0.3) is 5.91 Å². The average molecular weight is 250 g/mol. The van der Waals surface area contributed by atoms with Gasteiger partial charge in [-0.15, -0.1) is 0 Å². The molecular weight excluding hydrogens is 228 g/mol. The van der Waals surface area contributed by atoms with E-state index in [1.165, 1.54) is 0 Å². The number of hydrogen-bond donors (Lipinski definition) is 2. The number of nitrogens with one attached hydrogen (secondary N) is 2. The molecule has 0 aliphatic carbocycles. The monoisotopic (exact) mass is 250 g/mol. The lowest BCUT2D eigenvalue weighted by Gasteiger charge is -2.13. The van der Waals surface area contributed by atoms with Gasteiger partial charge < -0.3 is 10.6 Å². The first-order valence-corrected chi connectivity index (χ1v) is 6.35. The number of anilines is 1. The van der Waals surface area contributed by atoms with Crippen molar-refractivity contribution >= 4 is 11.7 Å². The molecule has 0 spiro atoms. The first-order valence-electron chi connectivity index (χ1n) is 6.35. The summed E-state index contributed by atoms with van der Waals surface area (Å²) in [5.41, 5.74) is 0.408. The molecular formula is C13H22N4O. The fourth-order valence-electron chi connectivity index (χ4n) is 1.45. The molecule has 0 aliphatic heterocycles. The van der Waals surface area contributed by atoms with Gasteiger partial charge in [0.05, 0.1) is 0 Å². The van der Waals surface area contributed by atoms with Gasteiger partial charge in [-0.3, -0.25) is 4.79 Å². The molecule has 0 saturated heterocycles. The Morgan fingerprint density at radius 3 is 2.56 bits per heavy atom. The lowest BCUT2D eigenvalue weighted by molar-refractivity contribution is 0.0934. The van der Waals surface area contributed by atoms with Crippen LogP contribution in [0, 0.1) is 6.92 Å². The molecule has 1 rings (SSSR count). The summed E-state index contributed by atoms with van der Waals surface area (Å²) in [6, 6.07) is 2.10. The van der Waals surface area contributed by atoms with Crippen molar-refractivity contribution in [3.63, 3.8) is 0 Å². The van der Waals surface area contributed by atoms with Crippen LogP contribution in [-0.2, 0) is 0 Å². The van der Waals surface area contributed by atoms with E-state index in [0.29, 0.717) is 17.3 Å². The number of nitrogens with zero attached hydrogens (tertiary/aromatic N) is 2. The molecule has 1 heterocycles. The third kappa shape index (κ3) is 4.31. The standard InChI is InChI=1S/C13H22N4O/c1-6-9(4)15-13(18)11-7-12(14-8(2)3)17-10(5)16-11/h7-9H,6H2,1-5H3,(H,15,18)(H,14,16,17). The third-order valence-electron chi connectivity index (χ3n) is 2.50. The molecule has 1 aromatic rings. The Morgan fingerprint density at radius 1 is 1.33 bits per heavy atom. The van der Waals surface area contributed by atoms with Crippen molar-refractivity contribution in [2.24, 2.45) is 0 Å². The minimum atomic E-state index is -0.151. The summed E-state index contributed by atoms with van der Waals surface area (Å²) in [6.07, 6.45) is 0.896. The van der Waals surface area contributed by atoms with Crippen LogP contribution in [0.3, 0.4) is 0 Å². The van der Waals surface area contributed by atoms with Crippen LogP contribution in [-0.4, -0.2) is 28.0 Å². The molecule has 0 aromatic carbocycles. The molecule has 1 unspecified atom stereocenters. The second kappa shape index (κ2) is 6.33. The van der Waals surface area contributed by atoms with E-state index in [2.05, 4.69) is 20.6 Å². The highest BCUT2D eigenvalue weighted by Crippen LogP contribution is 2.08. The Balaban J connectivity index is 2.88. The van der Waals surface area contributed by atoms with E-state index in [-0.39, 0.29) is 18.0 Å². The quantitative estimate of drug-likeness (QED) is 0.840. The number of rotatable bonds is 5.